The van der Waals surface area contributed by atoms with E-state index in [2.05, 4.69) is 4.90 Å². The summed E-state index contributed by atoms with van der Waals surface area (Å²) in [5.41, 5.74) is 1.10. The van der Waals surface area contributed by atoms with Crippen LogP contribution in [-0.4, -0.2) is 48.1 Å². The molecule has 1 aliphatic carbocycles. The monoisotopic (exact) mass is 308 g/mol. The number of hydrogen-bond acceptors (Lipinski definition) is 3. The Balaban J connectivity index is 1.54. The van der Waals surface area contributed by atoms with E-state index in [4.69, 9.17) is 16.7 Å². The molecule has 0 bridgehead atoms. The molecule has 112 valence electrons. The second kappa shape index (κ2) is 5.56. The van der Waals surface area contributed by atoms with Crippen molar-refractivity contribution in [1.82, 2.24) is 4.90 Å². The summed E-state index contributed by atoms with van der Waals surface area (Å²) in [5.74, 6) is -1.62. The molecule has 0 spiro atoms. The molecule has 1 aliphatic heterocycles. The third-order valence-corrected chi connectivity index (χ3v) is 4.46. The molecular formula is C15H17ClN2O3. The van der Waals surface area contributed by atoms with Crippen molar-refractivity contribution in [2.75, 3.05) is 31.1 Å². The van der Waals surface area contributed by atoms with Crippen molar-refractivity contribution in [3.8, 4) is 0 Å². The van der Waals surface area contributed by atoms with E-state index in [1.807, 2.05) is 24.3 Å². The summed E-state index contributed by atoms with van der Waals surface area (Å²) in [6.07, 6.45) is 0.492. The molecule has 1 aromatic rings. The van der Waals surface area contributed by atoms with Gasteiger partial charge >= 0.3 is 5.97 Å². The Morgan fingerprint density at radius 3 is 2.19 bits per heavy atom. The van der Waals surface area contributed by atoms with Crippen molar-refractivity contribution >= 4 is 29.2 Å². The SMILES string of the molecule is O=C(O)[C@H]1C[C@H]1C(=O)N1CCN(c2ccc(Cl)cc2)CC1. The molecule has 1 aromatic carbocycles. The minimum atomic E-state index is -0.854. The predicted molar refractivity (Wildman–Crippen MR) is 79.5 cm³/mol. The van der Waals surface area contributed by atoms with Crippen molar-refractivity contribution in [2.45, 2.75) is 6.42 Å². The summed E-state index contributed by atoms with van der Waals surface area (Å²) in [6, 6.07) is 7.66. The highest BCUT2D eigenvalue weighted by Gasteiger charge is 2.49. The number of rotatable bonds is 3. The number of anilines is 1. The molecule has 2 fully saturated rings. The summed E-state index contributed by atoms with van der Waals surface area (Å²) in [5, 5.41) is 9.60. The van der Waals surface area contributed by atoms with Crippen LogP contribution in [0, 0.1) is 11.8 Å². The topological polar surface area (TPSA) is 60.9 Å². The van der Waals surface area contributed by atoms with Crippen molar-refractivity contribution < 1.29 is 14.7 Å². The molecule has 1 saturated carbocycles. The maximum atomic E-state index is 12.2. The van der Waals surface area contributed by atoms with E-state index in [-0.39, 0.29) is 11.8 Å². The van der Waals surface area contributed by atoms with Gasteiger partial charge in [-0.1, -0.05) is 11.6 Å². The number of benzene rings is 1. The minimum absolute atomic E-state index is 0.00171. The van der Waals surface area contributed by atoms with Gasteiger partial charge in [0.25, 0.3) is 0 Å². The zero-order chi connectivity index (χ0) is 15.0. The average Bonchev–Trinajstić information content (AvgIpc) is 3.28. The summed E-state index contributed by atoms with van der Waals surface area (Å²) in [7, 11) is 0. The van der Waals surface area contributed by atoms with Crippen LogP contribution in [0.1, 0.15) is 6.42 Å². The molecule has 0 unspecified atom stereocenters. The third-order valence-electron chi connectivity index (χ3n) is 4.21. The van der Waals surface area contributed by atoms with Crippen molar-refractivity contribution in [1.29, 1.82) is 0 Å². The normalized spacial score (nSPS) is 24.8. The van der Waals surface area contributed by atoms with Gasteiger partial charge in [0.15, 0.2) is 0 Å². The maximum Gasteiger partial charge on any atom is 0.307 e. The Labute approximate surface area is 128 Å². The first kappa shape index (κ1) is 14.2. The molecule has 21 heavy (non-hydrogen) atoms. The van der Waals surface area contributed by atoms with Crippen LogP contribution in [0.2, 0.25) is 5.02 Å². The molecule has 1 saturated heterocycles. The van der Waals surface area contributed by atoms with Crippen LogP contribution in [0.15, 0.2) is 24.3 Å². The predicted octanol–water partition coefficient (Wildman–Crippen LogP) is 1.71. The minimum Gasteiger partial charge on any atom is -0.481 e. The lowest BCUT2D eigenvalue weighted by Gasteiger charge is -2.36. The van der Waals surface area contributed by atoms with E-state index in [1.165, 1.54) is 0 Å². The fourth-order valence-electron chi connectivity index (χ4n) is 2.81. The number of carbonyl (C=O) groups excluding carboxylic acids is 1. The summed E-state index contributed by atoms with van der Waals surface area (Å²) < 4.78 is 0. The number of carbonyl (C=O) groups is 2. The Bertz CT molecular complexity index is 553. The fourth-order valence-corrected chi connectivity index (χ4v) is 2.94. The van der Waals surface area contributed by atoms with Crippen LogP contribution in [-0.2, 0) is 9.59 Å². The van der Waals surface area contributed by atoms with E-state index in [1.54, 1.807) is 4.90 Å². The molecule has 6 heteroatoms. The van der Waals surface area contributed by atoms with Gasteiger partial charge in [-0.2, -0.15) is 0 Å². The molecular weight excluding hydrogens is 292 g/mol. The number of aliphatic carboxylic acids is 1. The summed E-state index contributed by atoms with van der Waals surface area (Å²) in [4.78, 5) is 27.0. The second-order valence-electron chi connectivity index (χ2n) is 5.58. The summed E-state index contributed by atoms with van der Waals surface area (Å²) >= 11 is 5.88. The molecule has 0 radical (unpaired) electrons. The zero-order valence-corrected chi connectivity index (χ0v) is 12.3. The fraction of sp³-hybridized carbons (Fsp3) is 0.467. The largest absolute Gasteiger partial charge is 0.481 e. The Hall–Kier alpha value is -1.75. The second-order valence-corrected chi connectivity index (χ2v) is 6.01. The van der Waals surface area contributed by atoms with Gasteiger partial charge < -0.3 is 14.9 Å². The van der Waals surface area contributed by atoms with Crippen LogP contribution in [0.25, 0.3) is 0 Å². The molecule has 2 atom stereocenters. The first-order valence-electron chi connectivity index (χ1n) is 7.08. The first-order chi connectivity index (χ1) is 10.1. The van der Waals surface area contributed by atoms with Gasteiger partial charge in [-0.3, -0.25) is 9.59 Å². The third kappa shape index (κ3) is 2.97. The van der Waals surface area contributed by atoms with Crippen LogP contribution >= 0.6 is 11.6 Å². The summed E-state index contributed by atoms with van der Waals surface area (Å²) in [6.45, 7) is 2.81. The van der Waals surface area contributed by atoms with Crippen LogP contribution in [0.5, 0.6) is 0 Å². The Morgan fingerprint density at radius 1 is 1.05 bits per heavy atom. The van der Waals surface area contributed by atoms with Crippen molar-refractivity contribution in [3.63, 3.8) is 0 Å². The number of nitrogens with zero attached hydrogens (tertiary/aromatic N) is 2. The van der Waals surface area contributed by atoms with Gasteiger partial charge in [-0.05, 0) is 30.7 Å². The van der Waals surface area contributed by atoms with Crippen molar-refractivity contribution in [2.24, 2.45) is 11.8 Å². The lowest BCUT2D eigenvalue weighted by atomic mass is 10.2. The number of amides is 1. The number of hydrogen-bond donors (Lipinski definition) is 1. The Morgan fingerprint density at radius 2 is 1.67 bits per heavy atom. The highest BCUT2D eigenvalue weighted by atomic mass is 35.5. The highest BCUT2D eigenvalue weighted by molar-refractivity contribution is 6.30. The number of piperazine rings is 1. The van der Waals surface area contributed by atoms with Gasteiger partial charge in [0, 0.05) is 36.9 Å². The Kier molecular flexibility index (Phi) is 3.76. The van der Waals surface area contributed by atoms with Crippen LogP contribution in [0.3, 0.4) is 0 Å². The molecule has 1 N–H and O–H groups in total. The first-order valence-corrected chi connectivity index (χ1v) is 7.46. The van der Waals surface area contributed by atoms with Gasteiger partial charge in [-0.25, -0.2) is 0 Å². The highest BCUT2D eigenvalue weighted by Crippen LogP contribution is 2.40. The lowest BCUT2D eigenvalue weighted by molar-refractivity contribution is -0.142. The molecule has 2 aliphatic rings. The van der Waals surface area contributed by atoms with Crippen molar-refractivity contribution in [3.05, 3.63) is 29.3 Å². The number of halogens is 1. The quantitative estimate of drug-likeness (QED) is 0.923. The molecule has 5 nitrogen and oxygen atoms in total. The van der Waals surface area contributed by atoms with E-state index in [0.717, 1.165) is 18.8 Å². The van der Waals surface area contributed by atoms with Gasteiger partial charge in [0.2, 0.25) is 5.91 Å². The van der Waals surface area contributed by atoms with E-state index in [0.29, 0.717) is 24.5 Å². The molecule has 1 amide bonds. The molecule has 0 aromatic heterocycles. The molecule has 1 heterocycles. The van der Waals surface area contributed by atoms with Crippen LogP contribution < -0.4 is 4.90 Å². The zero-order valence-electron chi connectivity index (χ0n) is 11.5. The van der Waals surface area contributed by atoms with E-state index in [9.17, 15) is 9.59 Å². The smallest absolute Gasteiger partial charge is 0.307 e. The molecule has 3 rings (SSSR count). The number of carboxylic acid groups (broad SMARTS) is 1. The van der Waals surface area contributed by atoms with Gasteiger partial charge in [0.1, 0.15) is 0 Å². The van der Waals surface area contributed by atoms with E-state index >= 15 is 0 Å². The average molecular weight is 309 g/mol. The standard InChI is InChI=1S/C15H17ClN2O3/c16-10-1-3-11(4-2-10)17-5-7-18(8-6-17)14(19)12-9-13(12)15(20)21/h1-4,12-13H,5-9H2,(H,20,21)/t12-,13+/m1/s1. The van der Waals surface area contributed by atoms with Gasteiger partial charge in [-0.15, -0.1) is 0 Å². The van der Waals surface area contributed by atoms with Gasteiger partial charge in [0.05, 0.1) is 11.8 Å². The number of carboxylic acids is 1. The van der Waals surface area contributed by atoms with E-state index < -0.39 is 11.9 Å². The lowest BCUT2D eigenvalue weighted by Crippen LogP contribution is -2.49. The maximum absolute atomic E-state index is 12.2. The van der Waals surface area contributed by atoms with Crippen LogP contribution in [0.4, 0.5) is 5.69 Å².